The van der Waals surface area contributed by atoms with Crippen LogP contribution in [0.15, 0.2) is 24.4 Å². The highest BCUT2D eigenvalue weighted by Crippen LogP contribution is 2.40. The Hall–Kier alpha value is -3.56. The van der Waals surface area contributed by atoms with Gasteiger partial charge in [0.25, 0.3) is 5.91 Å². The molecule has 10 heteroatoms. The zero-order valence-electron chi connectivity index (χ0n) is 21.4. The maximum atomic E-state index is 13.6. The molecule has 2 N–H and O–H groups in total. The number of aromatic nitrogens is 2. The van der Waals surface area contributed by atoms with Crippen molar-refractivity contribution in [3.8, 4) is 17.1 Å². The standard InChI is InChI=1S/C27H34N6O4/c1-16(2)23-26(35)32(17-6-3-4-7-17)27(36)33(23)22-15-30-12-13-37-21-14-18(9-10-19(21)25(30)29-22)31-11-5-8-20(31)24(28)34/h9-10,14-17,20,23H,3-8,11-13H2,1-2H3,(H2,28,34)/t20-,23?/m0/s1. The van der Waals surface area contributed by atoms with Crippen molar-refractivity contribution in [1.82, 2.24) is 14.5 Å². The molecule has 0 radical (unpaired) electrons. The molecule has 4 heterocycles. The van der Waals surface area contributed by atoms with Crippen molar-refractivity contribution in [3.63, 3.8) is 0 Å². The SMILES string of the molecule is CC(C)C1C(=O)N(C2CCCC2)C(=O)N1c1cn2c(n1)-c1ccc(N3CCC[C@H]3C(N)=O)cc1OCC2. The lowest BCUT2D eigenvalue weighted by Gasteiger charge is -2.25. The molecule has 2 aromatic rings. The summed E-state index contributed by atoms with van der Waals surface area (Å²) in [5.74, 6) is 1.41. The smallest absolute Gasteiger partial charge is 0.333 e. The Balaban J connectivity index is 1.36. The van der Waals surface area contributed by atoms with Gasteiger partial charge in [-0.2, -0.15) is 0 Å². The van der Waals surface area contributed by atoms with Crippen LogP contribution in [0.5, 0.6) is 5.75 Å². The summed E-state index contributed by atoms with van der Waals surface area (Å²) in [6.07, 6.45) is 7.36. The van der Waals surface area contributed by atoms with Crippen molar-refractivity contribution in [2.45, 2.75) is 77.0 Å². The summed E-state index contributed by atoms with van der Waals surface area (Å²) in [5, 5.41) is 0. The Morgan fingerprint density at radius 2 is 1.86 bits per heavy atom. The first-order valence-corrected chi connectivity index (χ1v) is 13.4. The van der Waals surface area contributed by atoms with Gasteiger partial charge in [0.05, 0.1) is 12.1 Å². The molecule has 1 saturated carbocycles. The van der Waals surface area contributed by atoms with E-state index in [1.165, 1.54) is 4.90 Å². The van der Waals surface area contributed by atoms with E-state index in [4.69, 9.17) is 15.5 Å². The molecule has 1 aromatic heterocycles. The van der Waals surface area contributed by atoms with Gasteiger partial charge in [-0.25, -0.2) is 9.78 Å². The molecule has 2 atom stereocenters. The van der Waals surface area contributed by atoms with Crippen molar-refractivity contribution >= 4 is 29.4 Å². The summed E-state index contributed by atoms with van der Waals surface area (Å²) in [7, 11) is 0. The fourth-order valence-corrected chi connectivity index (χ4v) is 6.43. The normalized spacial score (nSPS) is 24.0. The van der Waals surface area contributed by atoms with E-state index in [0.29, 0.717) is 30.5 Å². The Morgan fingerprint density at radius 1 is 1.08 bits per heavy atom. The van der Waals surface area contributed by atoms with Crippen molar-refractivity contribution in [3.05, 3.63) is 24.4 Å². The number of imidazole rings is 1. The van der Waals surface area contributed by atoms with E-state index in [9.17, 15) is 14.4 Å². The summed E-state index contributed by atoms with van der Waals surface area (Å²) in [6.45, 7) is 5.72. The minimum absolute atomic E-state index is 0.0194. The predicted octanol–water partition coefficient (Wildman–Crippen LogP) is 3.13. The third-order valence-corrected chi connectivity index (χ3v) is 8.22. The molecular formula is C27H34N6O4. The molecule has 1 aliphatic carbocycles. The molecule has 196 valence electrons. The van der Waals surface area contributed by atoms with Crippen molar-refractivity contribution in [2.24, 2.45) is 11.7 Å². The maximum Gasteiger partial charge on any atom is 0.333 e. The van der Waals surface area contributed by atoms with E-state index in [-0.39, 0.29) is 35.8 Å². The van der Waals surface area contributed by atoms with Crippen LogP contribution in [0.4, 0.5) is 16.3 Å². The monoisotopic (exact) mass is 506 g/mol. The van der Waals surface area contributed by atoms with Gasteiger partial charge >= 0.3 is 6.03 Å². The van der Waals surface area contributed by atoms with Gasteiger partial charge in [0.15, 0.2) is 5.82 Å². The molecule has 1 unspecified atom stereocenters. The van der Waals surface area contributed by atoms with Crippen LogP contribution in [0, 0.1) is 5.92 Å². The second-order valence-electron chi connectivity index (χ2n) is 10.9. The zero-order valence-corrected chi connectivity index (χ0v) is 21.4. The van der Waals surface area contributed by atoms with Crippen LogP contribution in [0.2, 0.25) is 0 Å². The number of carbonyl (C=O) groups is 3. The second kappa shape index (κ2) is 9.08. The summed E-state index contributed by atoms with van der Waals surface area (Å²) in [6, 6.07) is 4.71. The zero-order chi connectivity index (χ0) is 25.8. The minimum Gasteiger partial charge on any atom is -0.491 e. The molecular weight excluding hydrogens is 472 g/mol. The number of hydrogen-bond donors (Lipinski definition) is 1. The number of imide groups is 1. The van der Waals surface area contributed by atoms with E-state index < -0.39 is 6.04 Å². The maximum absolute atomic E-state index is 13.6. The number of carbonyl (C=O) groups excluding carboxylic acids is 3. The van der Waals surface area contributed by atoms with Gasteiger partial charge in [-0.15, -0.1) is 0 Å². The molecule has 0 bridgehead atoms. The number of amides is 4. The van der Waals surface area contributed by atoms with Crippen molar-refractivity contribution in [1.29, 1.82) is 0 Å². The summed E-state index contributed by atoms with van der Waals surface area (Å²) in [5.41, 5.74) is 7.34. The van der Waals surface area contributed by atoms with Gasteiger partial charge in [-0.1, -0.05) is 26.7 Å². The molecule has 4 amide bonds. The lowest BCUT2D eigenvalue weighted by atomic mass is 10.0. The lowest BCUT2D eigenvalue weighted by molar-refractivity contribution is -0.129. The van der Waals surface area contributed by atoms with E-state index in [2.05, 4.69) is 0 Å². The van der Waals surface area contributed by atoms with Crippen LogP contribution in [-0.2, 0) is 16.1 Å². The molecule has 4 aliphatic rings. The van der Waals surface area contributed by atoms with Gasteiger partial charge in [-0.05, 0) is 43.7 Å². The number of anilines is 2. The molecule has 0 spiro atoms. The van der Waals surface area contributed by atoms with Crippen LogP contribution in [0.25, 0.3) is 11.4 Å². The molecule has 10 nitrogen and oxygen atoms in total. The summed E-state index contributed by atoms with van der Waals surface area (Å²) >= 11 is 0. The number of nitrogens with zero attached hydrogens (tertiary/aromatic N) is 5. The number of nitrogens with two attached hydrogens (primary N) is 1. The quantitative estimate of drug-likeness (QED) is 0.624. The van der Waals surface area contributed by atoms with Crippen LogP contribution >= 0.6 is 0 Å². The van der Waals surface area contributed by atoms with Crippen LogP contribution in [0.3, 0.4) is 0 Å². The highest BCUT2D eigenvalue weighted by atomic mass is 16.5. The van der Waals surface area contributed by atoms with E-state index in [1.807, 2.05) is 47.7 Å². The largest absolute Gasteiger partial charge is 0.491 e. The number of rotatable bonds is 5. The van der Waals surface area contributed by atoms with Crippen LogP contribution in [0.1, 0.15) is 52.4 Å². The Labute approximate surface area is 216 Å². The third kappa shape index (κ3) is 3.84. The predicted molar refractivity (Wildman–Crippen MR) is 138 cm³/mol. The molecule has 3 aliphatic heterocycles. The van der Waals surface area contributed by atoms with Crippen molar-refractivity contribution < 1.29 is 19.1 Å². The lowest BCUT2D eigenvalue weighted by Crippen LogP contribution is -2.40. The molecule has 3 fully saturated rings. The van der Waals surface area contributed by atoms with Gasteiger partial charge in [0, 0.05) is 30.5 Å². The Kier molecular flexibility index (Phi) is 5.84. The number of primary amides is 1. The average Bonchev–Trinajstić information content (AvgIpc) is 3.64. The highest BCUT2D eigenvalue weighted by Gasteiger charge is 2.51. The number of hydrogen-bond acceptors (Lipinski definition) is 6. The summed E-state index contributed by atoms with van der Waals surface area (Å²) in [4.78, 5) is 49.0. The Bertz CT molecular complexity index is 1250. The van der Waals surface area contributed by atoms with E-state index in [1.54, 1.807) is 4.90 Å². The first-order chi connectivity index (χ1) is 17.8. The topological polar surface area (TPSA) is 114 Å². The fourth-order valence-electron chi connectivity index (χ4n) is 6.43. The van der Waals surface area contributed by atoms with Crippen molar-refractivity contribution in [2.75, 3.05) is 23.0 Å². The second-order valence-corrected chi connectivity index (χ2v) is 10.9. The number of urea groups is 1. The van der Waals surface area contributed by atoms with Gasteiger partial charge < -0.3 is 19.9 Å². The molecule has 1 aromatic carbocycles. The van der Waals surface area contributed by atoms with Gasteiger partial charge in [0.2, 0.25) is 5.91 Å². The van der Waals surface area contributed by atoms with Crippen LogP contribution in [-0.4, -0.2) is 63.6 Å². The van der Waals surface area contributed by atoms with Gasteiger partial charge in [-0.3, -0.25) is 19.4 Å². The number of fused-ring (bicyclic) bond motifs is 3. The summed E-state index contributed by atoms with van der Waals surface area (Å²) < 4.78 is 8.08. The number of benzene rings is 1. The van der Waals surface area contributed by atoms with Crippen LogP contribution < -0.4 is 20.3 Å². The average molecular weight is 507 g/mol. The fraction of sp³-hybridized carbons (Fsp3) is 0.556. The third-order valence-electron chi connectivity index (χ3n) is 8.22. The first kappa shape index (κ1) is 23.8. The highest BCUT2D eigenvalue weighted by molar-refractivity contribution is 6.14. The Morgan fingerprint density at radius 3 is 2.59 bits per heavy atom. The molecule has 2 saturated heterocycles. The van der Waals surface area contributed by atoms with Gasteiger partial charge in [0.1, 0.15) is 30.3 Å². The number of ether oxygens (including phenoxy) is 1. The molecule has 6 rings (SSSR count). The molecule has 37 heavy (non-hydrogen) atoms. The minimum atomic E-state index is -0.564. The van der Waals surface area contributed by atoms with E-state index >= 15 is 0 Å². The first-order valence-electron chi connectivity index (χ1n) is 13.4. The van der Waals surface area contributed by atoms with E-state index in [0.717, 1.165) is 56.3 Å².